The maximum Gasteiger partial charge on any atom is 0.308 e. The molecule has 2 aromatic carbocycles. The quantitative estimate of drug-likeness (QED) is 0.691. The SMILES string of the molecule is C=CCn1c(=O)sc2cc(NS(=O)(=O)c3ccc(C)c(F)c3)ccc21. The van der Waals surface area contributed by atoms with Crippen molar-refractivity contribution >= 4 is 37.3 Å². The van der Waals surface area contributed by atoms with Crippen molar-refractivity contribution in [3.8, 4) is 0 Å². The molecule has 1 aromatic heterocycles. The number of anilines is 1. The van der Waals surface area contributed by atoms with Gasteiger partial charge in [-0.25, -0.2) is 12.8 Å². The average Bonchev–Trinajstić information content (AvgIpc) is 2.85. The van der Waals surface area contributed by atoms with Gasteiger partial charge in [0.2, 0.25) is 0 Å². The first-order chi connectivity index (χ1) is 11.8. The smallest absolute Gasteiger partial charge is 0.295 e. The van der Waals surface area contributed by atoms with E-state index in [-0.39, 0.29) is 9.77 Å². The molecule has 0 saturated carbocycles. The number of thiazole rings is 1. The van der Waals surface area contributed by atoms with Crippen LogP contribution in [0.4, 0.5) is 10.1 Å². The van der Waals surface area contributed by atoms with E-state index in [4.69, 9.17) is 0 Å². The number of sulfonamides is 1. The van der Waals surface area contributed by atoms with Gasteiger partial charge in [0, 0.05) is 6.54 Å². The standard InChI is InChI=1S/C17H15FN2O3S2/c1-3-8-20-15-7-5-12(9-16(15)24-17(20)21)19-25(22,23)13-6-4-11(2)14(18)10-13/h3-7,9-10,19H,1,8H2,2H3. The number of rotatable bonds is 5. The average molecular weight is 378 g/mol. The maximum absolute atomic E-state index is 13.6. The topological polar surface area (TPSA) is 68.2 Å². The molecule has 0 atom stereocenters. The van der Waals surface area contributed by atoms with Crippen molar-refractivity contribution in [2.24, 2.45) is 0 Å². The summed E-state index contributed by atoms with van der Waals surface area (Å²) in [6, 6.07) is 8.56. The number of benzene rings is 2. The van der Waals surface area contributed by atoms with E-state index in [0.717, 1.165) is 17.4 Å². The second-order valence-electron chi connectivity index (χ2n) is 5.47. The number of nitrogens with zero attached hydrogens (tertiary/aromatic N) is 1. The molecule has 0 aliphatic rings. The Balaban J connectivity index is 1.98. The maximum atomic E-state index is 13.6. The summed E-state index contributed by atoms with van der Waals surface area (Å²) in [5, 5.41) is 0. The van der Waals surface area contributed by atoms with Gasteiger partial charge in [-0.15, -0.1) is 6.58 Å². The largest absolute Gasteiger partial charge is 0.308 e. The summed E-state index contributed by atoms with van der Waals surface area (Å²) in [6.07, 6.45) is 1.62. The third-order valence-corrected chi connectivity index (χ3v) is 6.01. The van der Waals surface area contributed by atoms with Gasteiger partial charge in [0.05, 0.1) is 20.8 Å². The predicted octanol–water partition coefficient (Wildman–Crippen LogP) is 3.50. The highest BCUT2D eigenvalue weighted by Gasteiger charge is 2.17. The van der Waals surface area contributed by atoms with Crippen LogP contribution < -0.4 is 9.60 Å². The zero-order valence-corrected chi connectivity index (χ0v) is 15.0. The van der Waals surface area contributed by atoms with Gasteiger partial charge in [0.25, 0.3) is 10.0 Å². The number of halogens is 1. The van der Waals surface area contributed by atoms with Gasteiger partial charge in [0.15, 0.2) is 0 Å². The summed E-state index contributed by atoms with van der Waals surface area (Å²) in [5.41, 5.74) is 1.38. The van der Waals surface area contributed by atoms with E-state index in [1.54, 1.807) is 35.8 Å². The summed E-state index contributed by atoms with van der Waals surface area (Å²) < 4.78 is 43.1. The Labute approximate surface area is 148 Å². The second-order valence-corrected chi connectivity index (χ2v) is 8.14. The van der Waals surface area contributed by atoms with Crippen LogP contribution >= 0.6 is 11.3 Å². The van der Waals surface area contributed by atoms with Gasteiger partial charge in [0.1, 0.15) is 5.82 Å². The molecule has 130 valence electrons. The van der Waals surface area contributed by atoms with Gasteiger partial charge in [-0.05, 0) is 42.8 Å². The van der Waals surface area contributed by atoms with Crippen LogP contribution in [-0.4, -0.2) is 13.0 Å². The first-order valence-electron chi connectivity index (χ1n) is 7.35. The van der Waals surface area contributed by atoms with E-state index in [9.17, 15) is 17.6 Å². The summed E-state index contributed by atoms with van der Waals surface area (Å²) in [5.74, 6) is -0.585. The van der Waals surface area contributed by atoms with Crippen LogP contribution in [0.1, 0.15) is 5.56 Å². The lowest BCUT2D eigenvalue weighted by atomic mass is 10.2. The Kier molecular flexibility index (Phi) is 4.49. The van der Waals surface area contributed by atoms with Crippen LogP contribution in [0, 0.1) is 12.7 Å². The van der Waals surface area contributed by atoms with E-state index in [1.165, 1.54) is 12.1 Å². The normalized spacial score (nSPS) is 11.6. The molecule has 0 bridgehead atoms. The molecule has 0 radical (unpaired) electrons. The molecule has 0 fully saturated rings. The molecule has 0 aliphatic heterocycles. The molecular weight excluding hydrogens is 363 g/mol. The van der Waals surface area contributed by atoms with Gasteiger partial charge in [-0.1, -0.05) is 23.5 Å². The number of hydrogen-bond acceptors (Lipinski definition) is 4. The van der Waals surface area contributed by atoms with Gasteiger partial charge < -0.3 is 0 Å². The van der Waals surface area contributed by atoms with E-state index in [1.807, 2.05) is 0 Å². The number of allylic oxidation sites excluding steroid dienone is 1. The van der Waals surface area contributed by atoms with Gasteiger partial charge in [-0.3, -0.25) is 14.1 Å². The minimum Gasteiger partial charge on any atom is -0.295 e. The monoisotopic (exact) mass is 378 g/mol. The Bertz CT molecular complexity index is 1130. The summed E-state index contributed by atoms with van der Waals surface area (Å²) in [4.78, 5) is 11.7. The third-order valence-electron chi connectivity index (χ3n) is 3.69. The number of hydrogen-bond donors (Lipinski definition) is 1. The van der Waals surface area contributed by atoms with Crippen LogP contribution in [0.2, 0.25) is 0 Å². The van der Waals surface area contributed by atoms with Crippen LogP contribution in [0.25, 0.3) is 10.2 Å². The molecule has 1 N–H and O–H groups in total. The fourth-order valence-electron chi connectivity index (χ4n) is 2.39. The van der Waals surface area contributed by atoms with E-state index in [0.29, 0.717) is 28.0 Å². The summed E-state index contributed by atoms with van der Waals surface area (Å²) >= 11 is 1.02. The summed E-state index contributed by atoms with van der Waals surface area (Å²) in [7, 11) is -3.92. The minimum absolute atomic E-state index is 0.143. The molecule has 3 aromatic rings. The van der Waals surface area contributed by atoms with Crippen LogP contribution in [0.5, 0.6) is 0 Å². The zero-order chi connectivity index (χ0) is 18.2. The lowest BCUT2D eigenvalue weighted by molar-refractivity contribution is 0.593. The van der Waals surface area contributed by atoms with Crippen molar-refractivity contribution < 1.29 is 12.8 Å². The highest BCUT2D eigenvalue weighted by atomic mass is 32.2. The third kappa shape index (κ3) is 3.35. The molecular formula is C17H15FN2O3S2. The number of fused-ring (bicyclic) bond motifs is 1. The fourth-order valence-corrected chi connectivity index (χ4v) is 4.39. The highest BCUT2D eigenvalue weighted by Crippen LogP contribution is 2.24. The number of aryl methyl sites for hydroxylation is 1. The van der Waals surface area contributed by atoms with Crippen molar-refractivity contribution in [1.29, 1.82) is 0 Å². The van der Waals surface area contributed by atoms with Gasteiger partial charge >= 0.3 is 4.87 Å². The first kappa shape index (κ1) is 17.4. The minimum atomic E-state index is -3.92. The number of aromatic nitrogens is 1. The molecule has 5 nitrogen and oxygen atoms in total. The number of nitrogens with one attached hydrogen (secondary N) is 1. The van der Waals surface area contributed by atoms with Crippen molar-refractivity contribution in [3.05, 3.63) is 70.1 Å². The van der Waals surface area contributed by atoms with E-state index in [2.05, 4.69) is 11.3 Å². The zero-order valence-electron chi connectivity index (χ0n) is 13.3. The lowest BCUT2D eigenvalue weighted by Gasteiger charge is -2.09. The molecule has 0 spiro atoms. The van der Waals surface area contributed by atoms with Gasteiger partial charge in [-0.2, -0.15) is 0 Å². The first-order valence-corrected chi connectivity index (χ1v) is 9.65. The second kappa shape index (κ2) is 6.45. The Morgan fingerprint density at radius 1 is 1.28 bits per heavy atom. The Morgan fingerprint density at radius 3 is 2.72 bits per heavy atom. The molecule has 0 unspecified atom stereocenters. The van der Waals surface area contributed by atoms with Crippen LogP contribution in [-0.2, 0) is 16.6 Å². The highest BCUT2D eigenvalue weighted by molar-refractivity contribution is 7.92. The fraction of sp³-hybridized carbons (Fsp3) is 0.118. The Morgan fingerprint density at radius 2 is 2.04 bits per heavy atom. The Hall–Kier alpha value is -2.45. The van der Waals surface area contributed by atoms with Crippen molar-refractivity contribution in [3.63, 3.8) is 0 Å². The van der Waals surface area contributed by atoms with Crippen LogP contribution in [0.3, 0.4) is 0 Å². The predicted molar refractivity (Wildman–Crippen MR) is 98.2 cm³/mol. The van der Waals surface area contributed by atoms with Crippen molar-refractivity contribution in [2.45, 2.75) is 18.4 Å². The lowest BCUT2D eigenvalue weighted by Crippen LogP contribution is -2.13. The van der Waals surface area contributed by atoms with Crippen LogP contribution in [0.15, 0.2) is 58.7 Å². The van der Waals surface area contributed by atoms with Crippen molar-refractivity contribution in [2.75, 3.05) is 4.72 Å². The molecule has 1 heterocycles. The summed E-state index contributed by atoms with van der Waals surface area (Å²) in [6.45, 7) is 5.56. The van der Waals surface area contributed by atoms with Crippen molar-refractivity contribution in [1.82, 2.24) is 4.57 Å². The molecule has 0 amide bonds. The molecule has 8 heteroatoms. The van der Waals surface area contributed by atoms with E-state index < -0.39 is 15.8 Å². The molecule has 3 rings (SSSR count). The molecule has 0 aliphatic carbocycles. The molecule has 25 heavy (non-hydrogen) atoms. The molecule has 0 saturated heterocycles. The van der Waals surface area contributed by atoms with E-state index >= 15 is 0 Å².